The van der Waals surface area contributed by atoms with E-state index >= 15 is 0 Å². The van der Waals surface area contributed by atoms with Gasteiger partial charge in [0.05, 0.1) is 0 Å². The Morgan fingerprint density at radius 1 is 1.33 bits per heavy atom. The Hall–Kier alpha value is -1.06. The van der Waals surface area contributed by atoms with Gasteiger partial charge in [-0.15, -0.1) is 0 Å². The van der Waals surface area contributed by atoms with Crippen molar-refractivity contribution in [2.24, 2.45) is 5.73 Å². The Labute approximate surface area is 94.6 Å². The molecule has 4 heteroatoms. The predicted octanol–water partition coefficient (Wildman–Crippen LogP) is 0.838. The first kappa shape index (κ1) is 12.0. The lowest BCUT2D eigenvalue weighted by Gasteiger charge is -2.14. The molecule has 0 radical (unpaired) electrons. The number of halogens is 1. The van der Waals surface area contributed by atoms with Gasteiger partial charge in [-0.25, -0.2) is 0 Å². The highest BCUT2D eigenvalue weighted by Gasteiger charge is 2.17. The summed E-state index contributed by atoms with van der Waals surface area (Å²) in [5.74, 6) is -0.296. The fraction of sp³-hybridized carbons (Fsp3) is 0.364. The molecule has 0 aliphatic carbocycles. The number of hydrogen-bond acceptors (Lipinski definition) is 1. The fourth-order valence-electron chi connectivity index (χ4n) is 1.41. The van der Waals surface area contributed by atoms with E-state index in [1.54, 1.807) is 6.92 Å². The Morgan fingerprint density at radius 2 is 1.87 bits per heavy atom. The molecule has 1 aromatic carbocycles. The number of carbonyl (C=O) groups is 1. The second kappa shape index (κ2) is 5.14. The number of primary amides is 1. The molecule has 0 saturated heterocycles. The topological polar surface area (TPSA) is 59.7 Å². The van der Waals surface area contributed by atoms with Crippen molar-refractivity contribution in [1.29, 1.82) is 0 Å². The molecule has 1 aromatic rings. The fourth-order valence-corrected chi connectivity index (χ4v) is 1.53. The summed E-state index contributed by atoms with van der Waals surface area (Å²) in [5.41, 5.74) is 6.33. The standard InChI is InChI=1S/C11H15ClN2O/c1-7(14-8(2)11(13)15)9-3-5-10(12)6-4-9/h3-8,14H,1-2H3,(H2,13,15)/p+1/t7-,8+/m0/s1. The average Bonchev–Trinajstić information content (AvgIpc) is 2.18. The summed E-state index contributed by atoms with van der Waals surface area (Å²) in [5, 5.41) is 2.65. The van der Waals surface area contributed by atoms with Crippen molar-refractivity contribution < 1.29 is 10.1 Å². The Morgan fingerprint density at radius 3 is 2.33 bits per heavy atom. The van der Waals surface area contributed by atoms with Crippen molar-refractivity contribution in [2.75, 3.05) is 0 Å². The maximum absolute atomic E-state index is 10.9. The molecule has 0 bridgehead atoms. The van der Waals surface area contributed by atoms with E-state index < -0.39 is 0 Å². The summed E-state index contributed by atoms with van der Waals surface area (Å²) < 4.78 is 0. The van der Waals surface area contributed by atoms with Crippen molar-refractivity contribution in [1.82, 2.24) is 0 Å². The molecule has 0 aromatic heterocycles. The van der Waals surface area contributed by atoms with Gasteiger partial charge in [-0.1, -0.05) is 23.7 Å². The van der Waals surface area contributed by atoms with Crippen molar-refractivity contribution in [3.63, 3.8) is 0 Å². The van der Waals surface area contributed by atoms with Gasteiger partial charge >= 0.3 is 0 Å². The highest BCUT2D eigenvalue weighted by Crippen LogP contribution is 2.13. The molecule has 0 aliphatic heterocycles. The number of carbonyl (C=O) groups excluding carboxylic acids is 1. The maximum atomic E-state index is 10.9. The molecule has 3 nitrogen and oxygen atoms in total. The lowest BCUT2D eigenvalue weighted by Crippen LogP contribution is -2.92. The van der Waals surface area contributed by atoms with Crippen LogP contribution in [-0.4, -0.2) is 11.9 Å². The quantitative estimate of drug-likeness (QED) is 0.787. The molecule has 2 atom stereocenters. The van der Waals surface area contributed by atoms with Gasteiger partial charge in [0, 0.05) is 10.6 Å². The molecule has 82 valence electrons. The lowest BCUT2D eigenvalue weighted by atomic mass is 10.1. The van der Waals surface area contributed by atoms with Crippen LogP contribution >= 0.6 is 11.6 Å². The van der Waals surface area contributed by atoms with E-state index in [0.29, 0.717) is 5.02 Å². The molecule has 1 amide bonds. The van der Waals surface area contributed by atoms with Gasteiger partial charge in [-0.2, -0.15) is 0 Å². The minimum absolute atomic E-state index is 0.199. The molecular formula is C11H16ClN2O+. The van der Waals surface area contributed by atoms with Gasteiger partial charge in [-0.05, 0) is 26.0 Å². The van der Waals surface area contributed by atoms with Crippen LogP contribution in [0.15, 0.2) is 24.3 Å². The van der Waals surface area contributed by atoms with Crippen molar-refractivity contribution >= 4 is 17.5 Å². The van der Waals surface area contributed by atoms with Crippen molar-refractivity contribution in [3.8, 4) is 0 Å². The van der Waals surface area contributed by atoms with Gasteiger partial charge < -0.3 is 11.1 Å². The second-order valence-electron chi connectivity index (χ2n) is 3.72. The first-order valence-corrected chi connectivity index (χ1v) is 5.28. The third-order valence-corrected chi connectivity index (χ3v) is 2.67. The average molecular weight is 228 g/mol. The van der Waals surface area contributed by atoms with Gasteiger partial charge in [0.1, 0.15) is 6.04 Å². The third kappa shape index (κ3) is 3.53. The van der Waals surface area contributed by atoms with E-state index in [0.717, 1.165) is 5.56 Å². The minimum Gasteiger partial charge on any atom is -0.365 e. The van der Waals surface area contributed by atoms with Gasteiger partial charge in [0.2, 0.25) is 0 Å². The summed E-state index contributed by atoms with van der Waals surface area (Å²) in [4.78, 5) is 10.9. The molecule has 0 unspecified atom stereocenters. The Bertz CT molecular complexity index is 337. The normalized spacial score (nSPS) is 14.6. The third-order valence-electron chi connectivity index (χ3n) is 2.42. The summed E-state index contributed by atoms with van der Waals surface area (Å²) in [6.07, 6.45) is 0. The van der Waals surface area contributed by atoms with Crippen LogP contribution < -0.4 is 11.1 Å². The van der Waals surface area contributed by atoms with Crippen LogP contribution in [0.1, 0.15) is 25.5 Å². The molecule has 0 heterocycles. The maximum Gasteiger partial charge on any atom is 0.275 e. The van der Waals surface area contributed by atoms with E-state index in [1.165, 1.54) is 0 Å². The largest absolute Gasteiger partial charge is 0.365 e. The molecule has 0 aliphatic rings. The van der Waals surface area contributed by atoms with Crippen LogP contribution in [0.4, 0.5) is 0 Å². The van der Waals surface area contributed by atoms with Gasteiger partial charge in [0.25, 0.3) is 5.91 Å². The summed E-state index contributed by atoms with van der Waals surface area (Å²) in [6, 6.07) is 7.58. The Balaban J connectivity index is 2.64. The zero-order valence-corrected chi connectivity index (χ0v) is 9.66. The van der Waals surface area contributed by atoms with E-state index in [4.69, 9.17) is 17.3 Å². The molecule has 1 rings (SSSR count). The van der Waals surface area contributed by atoms with E-state index in [2.05, 4.69) is 0 Å². The number of benzene rings is 1. The minimum atomic E-state index is -0.296. The summed E-state index contributed by atoms with van der Waals surface area (Å²) >= 11 is 5.79. The zero-order chi connectivity index (χ0) is 11.4. The number of hydrogen-bond donors (Lipinski definition) is 2. The first-order chi connectivity index (χ1) is 7.00. The molecule has 0 fully saturated rings. The molecule has 15 heavy (non-hydrogen) atoms. The van der Waals surface area contributed by atoms with Crippen LogP contribution in [0.5, 0.6) is 0 Å². The Kier molecular flexibility index (Phi) is 4.12. The number of quaternary nitrogens is 1. The highest BCUT2D eigenvalue weighted by molar-refractivity contribution is 6.30. The SMILES string of the molecule is C[C@H]([NH2+][C@H](C)C(N)=O)c1ccc(Cl)cc1. The number of amides is 1. The molecule has 4 N–H and O–H groups in total. The predicted molar refractivity (Wildman–Crippen MR) is 60.4 cm³/mol. The summed E-state index contributed by atoms with van der Waals surface area (Å²) in [7, 11) is 0. The smallest absolute Gasteiger partial charge is 0.275 e. The lowest BCUT2D eigenvalue weighted by molar-refractivity contribution is -0.710. The molecule has 0 spiro atoms. The van der Waals surface area contributed by atoms with Gasteiger partial charge in [0.15, 0.2) is 6.04 Å². The van der Waals surface area contributed by atoms with Crippen LogP contribution in [0, 0.1) is 0 Å². The van der Waals surface area contributed by atoms with Crippen LogP contribution in [0.25, 0.3) is 0 Å². The molecular weight excluding hydrogens is 212 g/mol. The first-order valence-electron chi connectivity index (χ1n) is 4.90. The van der Waals surface area contributed by atoms with Crippen LogP contribution in [0.3, 0.4) is 0 Å². The van der Waals surface area contributed by atoms with Crippen LogP contribution in [0.2, 0.25) is 5.02 Å². The van der Waals surface area contributed by atoms with E-state index in [-0.39, 0.29) is 18.0 Å². The number of nitrogens with two attached hydrogens (primary N) is 2. The second-order valence-corrected chi connectivity index (χ2v) is 4.16. The zero-order valence-electron chi connectivity index (χ0n) is 8.91. The highest BCUT2D eigenvalue weighted by atomic mass is 35.5. The monoisotopic (exact) mass is 227 g/mol. The van der Waals surface area contributed by atoms with E-state index in [9.17, 15) is 4.79 Å². The summed E-state index contributed by atoms with van der Waals surface area (Å²) in [6.45, 7) is 3.83. The van der Waals surface area contributed by atoms with Crippen molar-refractivity contribution in [2.45, 2.75) is 25.9 Å². The van der Waals surface area contributed by atoms with E-state index in [1.807, 2.05) is 36.5 Å². The van der Waals surface area contributed by atoms with Crippen molar-refractivity contribution in [3.05, 3.63) is 34.9 Å². The van der Waals surface area contributed by atoms with Gasteiger partial charge in [-0.3, -0.25) is 4.79 Å². The number of rotatable bonds is 4. The molecule has 0 saturated carbocycles. The van der Waals surface area contributed by atoms with Crippen LogP contribution in [-0.2, 0) is 4.79 Å².